The second-order valence-corrected chi connectivity index (χ2v) is 9.69. The molecule has 3 aromatic rings. The Labute approximate surface area is 183 Å². The van der Waals surface area contributed by atoms with E-state index in [1.54, 1.807) is 22.5 Å². The molecule has 0 aliphatic heterocycles. The van der Waals surface area contributed by atoms with E-state index in [-0.39, 0.29) is 11.7 Å². The maximum Gasteiger partial charge on any atom is 0.236 e. The summed E-state index contributed by atoms with van der Waals surface area (Å²) in [5, 5.41) is 16.3. The highest BCUT2D eigenvalue weighted by Crippen LogP contribution is 2.26. The average Bonchev–Trinajstić information content (AvgIpc) is 3.28. The zero-order chi connectivity index (χ0) is 19.9. The highest BCUT2D eigenvalue weighted by atomic mass is 79.9. The first-order chi connectivity index (χ1) is 13.6. The summed E-state index contributed by atoms with van der Waals surface area (Å²) in [5.74, 6) is 1.67. The lowest BCUT2D eigenvalue weighted by Gasteiger charge is -2.02. The number of nitrogens with one attached hydrogen (secondary N) is 1. The van der Waals surface area contributed by atoms with E-state index < -0.39 is 0 Å². The molecule has 0 bridgehead atoms. The highest BCUT2D eigenvalue weighted by Gasteiger charge is 2.14. The molecule has 0 unspecified atom stereocenters. The minimum Gasteiger partial charge on any atom is -0.300 e. The van der Waals surface area contributed by atoms with Crippen LogP contribution < -0.4 is 5.32 Å². The Kier molecular flexibility index (Phi) is 7.65. The summed E-state index contributed by atoms with van der Waals surface area (Å²) in [6.45, 7) is 6.35. The van der Waals surface area contributed by atoms with Gasteiger partial charge in [-0.05, 0) is 17.9 Å². The number of thioether (sulfide) groups is 2. The van der Waals surface area contributed by atoms with E-state index in [0.717, 1.165) is 26.0 Å². The van der Waals surface area contributed by atoms with Crippen LogP contribution in [0.4, 0.5) is 5.13 Å². The zero-order valence-corrected chi connectivity index (χ0v) is 19.0. The molecule has 0 aliphatic carbocycles. The summed E-state index contributed by atoms with van der Waals surface area (Å²) in [7, 11) is 0. The van der Waals surface area contributed by atoms with E-state index >= 15 is 0 Å². The maximum atomic E-state index is 12.2. The molecule has 0 atom stereocenters. The van der Waals surface area contributed by atoms with Gasteiger partial charge in [0.25, 0.3) is 0 Å². The molecule has 2 aromatic heterocycles. The van der Waals surface area contributed by atoms with Gasteiger partial charge < -0.3 is 0 Å². The molecule has 11 heteroatoms. The lowest BCUT2D eigenvalue weighted by atomic mass is 10.2. The van der Waals surface area contributed by atoms with Gasteiger partial charge in [0.15, 0.2) is 10.2 Å². The second kappa shape index (κ2) is 10.2. The fourth-order valence-corrected chi connectivity index (χ4v) is 4.74. The van der Waals surface area contributed by atoms with Crippen molar-refractivity contribution in [2.45, 2.75) is 23.0 Å². The summed E-state index contributed by atoms with van der Waals surface area (Å²) in [5.41, 5.74) is 0.948. The van der Waals surface area contributed by atoms with Crippen molar-refractivity contribution < 1.29 is 4.79 Å². The van der Waals surface area contributed by atoms with Gasteiger partial charge in [0, 0.05) is 10.0 Å². The first-order valence-electron chi connectivity index (χ1n) is 8.29. The summed E-state index contributed by atoms with van der Waals surface area (Å²) >= 11 is 7.67. The van der Waals surface area contributed by atoms with E-state index in [1.165, 1.54) is 23.1 Å². The minimum absolute atomic E-state index is 0.167. The Morgan fingerprint density at radius 2 is 2.11 bits per heavy atom. The number of hydrogen-bond donors (Lipinski definition) is 1. The van der Waals surface area contributed by atoms with Crippen molar-refractivity contribution in [2.24, 2.45) is 0 Å². The molecule has 1 N–H and O–H groups in total. The smallest absolute Gasteiger partial charge is 0.236 e. The number of halogens is 1. The molecule has 0 aliphatic rings. The van der Waals surface area contributed by atoms with Crippen molar-refractivity contribution in [1.82, 2.24) is 25.0 Å². The first-order valence-corrected chi connectivity index (χ1v) is 11.9. The number of rotatable bonds is 9. The summed E-state index contributed by atoms with van der Waals surface area (Å²) < 4.78 is 3.61. The predicted octanol–water partition coefficient (Wildman–Crippen LogP) is 4.59. The van der Waals surface area contributed by atoms with E-state index in [9.17, 15) is 4.79 Å². The van der Waals surface area contributed by atoms with Crippen LogP contribution in [0.15, 0.2) is 50.9 Å². The third-order valence-corrected chi connectivity index (χ3v) is 6.53. The average molecular weight is 497 g/mol. The molecule has 0 radical (unpaired) electrons. The fraction of sp³-hybridized carbons (Fsp3) is 0.235. The number of amides is 1. The summed E-state index contributed by atoms with van der Waals surface area (Å²) in [6, 6.07) is 7.84. The SMILES string of the molecule is C=CCn1nc(SCC(=O)Nc2nnc(SCC)s2)nc1-c1ccc(Br)cc1. The van der Waals surface area contributed by atoms with Crippen LogP contribution in [0.3, 0.4) is 0 Å². The Morgan fingerprint density at radius 1 is 1.32 bits per heavy atom. The molecule has 0 saturated heterocycles. The number of allylic oxidation sites excluding steroid dienone is 1. The fourth-order valence-electron chi connectivity index (χ4n) is 2.17. The topological polar surface area (TPSA) is 85.6 Å². The Bertz CT molecular complexity index is 956. The molecule has 0 fully saturated rings. The van der Waals surface area contributed by atoms with E-state index in [4.69, 9.17) is 0 Å². The molecule has 7 nitrogen and oxygen atoms in total. The molecular formula is C17H17BrN6OS3. The molecule has 0 spiro atoms. The largest absolute Gasteiger partial charge is 0.300 e. The van der Waals surface area contributed by atoms with E-state index in [2.05, 4.69) is 48.1 Å². The highest BCUT2D eigenvalue weighted by molar-refractivity contribution is 9.10. The van der Waals surface area contributed by atoms with E-state index in [0.29, 0.717) is 16.8 Å². The van der Waals surface area contributed by atoms with E-state index in [1.807, 2.05) is 31.2 Å². The van der Waals surface area contributed by atoms with Crippen molar-refractivity contribution in [3.05, 3.63) is 41.4 Å². The van der Waals surface area contributed by atoms with Gasteiger partial charge in [0.1, 0.15) is 0 Å². The Hall–Kier alpha value is -1.69. The van der Waals surface area contributed by atoms with Crippen LogP contribution in [-0.4, -0.2) is 42.4 Å². The number of benzene rings is 1. The predicted molar refractivity (Wildman–Crippen MR) is 119 cm³/mol. The molecule has 1 amide bonds. The molecule has 28 heavy (non-hydrogen) atoms. The van der Waals surface area contributed by atoms with Crippen molar-refractivity contribution >= 4 is 61.8 Å². The summed E-state index contributed by atoms with van der Waals surface area (Å²) in [4.78, 5) is 16.8. The second-order valence-electron chi connectivity index (χ2n) is 5.34. The summed E-state index contributed by atoms with van der Waals surface area (Å²) in [6.07, 6.45) is 1.76. The van der Waals surface area contributed by atoms with Gasteiger partial charge in [0.2, 0.25) is 16.2 Å². The first kappa shape index (κ1) is 21.0. The van der Waals surface area contributed by atoms with Crippen LogP contribution in [-0.2, 0) is 11.3 Å². The van der Waals surface area contributed by atoms with Crippen molar-refractivity contribution in [2.75, 3.05) is 16.8 Å². The van der Waals surface area contributed by atoms with Crippen LogP contribution in [0.25, 0.3) is 11.4 Å². The minimum atomic E-state index is -0.167. The third kappa shape index (κ3) is 5.66. The molecule has 0 saturated carbocycles. The number of carbonyl (C=O) groups is 1. The Morgan fingerprint density at radius 3 is 2.82 bits per heavy atom. The van der Waals surface area contributed by atoms with Gasteiger partial charge in [-0.3, -0.25) is 10.1 Å². The van der Waals surface area contributed by atoms with Gasteiger partial charge in [-0.25, -0.2) is 9.67 Å². The van der Waals surface area contributed by atoms with Gasteiger partial charge >= 0.3 is 0 Å². The number of carbonyl (C=O) groups excluding carboxylic acids is 1. The van der Waals surface area contributed by atoms with Crippen molar-refractivity contribution in [1.29, 1.82) is 0 Å². The number of nitrogens with zero attached hydrogens (tertiary/aromatic N) is 5. The van der Waals surface area contributed by atoms with Crippen LogP contribution in [0.1, 0.15) is 6.92 Å². The standard InChI is InChI=1S/C17H17BrN6OS3/c1-3-9-24-14(11-5-7-12(18)8-6-11)20-16(23-24)27-10-13(25)19-15-21-22-17(28-15)26-4-2/h3,5-8H,1,4,9-10H2,2H3,(H,19,21,25). The van der Waals surface area contributed by atoms with Crippen LogP contribution in [0.5, 0.6) is 0 Å². The number of anilines is 1. The van der Waals surface area contributed by atoms with Gasteiger partial charge in [-0.2, -0.15) is 0 Å². The molecular weight excluding hydrogens is 480 g/mol. The lowest BCUT2D eigenvalue weighted by Crippen LogP contribution is -2.14. The lowest BCUT2D eigenvalue weighted by molar-refractivity contribution is -0.113. The third-order valence-electron chi connectivity index (χ3n) is 3.31. The molecule has 2 heterocycles. The van der Waals surface area contributed by atoms with Crippen molar-refractivity contribution in [3.8, 4) is 11.4 Å². The van der Waals surface area contributed by atoms with Crippen LogP contribution in [0, 0.1) is 0 Å². The maximum absolute atomic E-state index is 12.2. The Balaban J connectivity index is 1.64. The van der Waals surface area contributed by atoms with Gasteiger partial charge in [0.05, 0.1) is 12.3 Å². The van der Waals surface area contributed by atoms with Crippen LogP contribution >= 0.6 is 50.8 Å². The van der Waals surface area contributed by atoms with Gasteiger partial charge in [-0.15, -0.1) is 21.9 Å². The normalized spacial score (nSPS) is 10.8. The van der Waals surface area contributed by atoms with Crippen molar-refractivity contribution in [3.63, 3.8) is 0 Å². The monoisotopic (exact) mass is 496 g/mol. The molecule has 3 rings (SSSR count). The zero-order valence-electron chi connectivity index (χ0n) is 15.0. The number of aromatic nitrogens is 5. The molecule has 146 valence electrons. The van der Waals surface area contributed by atoms with Gasteiger partial charge in [-0.1, -0.05) is 75.9 Å². The number of hydrogen-bond acceptors (Lipinski definition) is 8. The quantitative estimate of drug-likeness (QED) is 0.263. The van der Waals surface area contributed by atoms with Crippen LogP contribution in [0.2, 0.25) is 0 Å². The molecule has 1 aromatic carbocycles.